The Kier molecular flexibility index (Phi) is 7.86. The van der Waals surface area contributed by atoms with E-state index in [0.717, 1.165) is 5.56 Å². The molecule has 7 nitrogen and oxygen atoms in total. The summed E-state index contributed by atoms with van der Waals surface area (Å²) in [5.74, 6) is 0.591. The predicted molar refractivity (Wildman–Crippen MR) is 117 cm³/mol. The fourth-order valence-electron chi connectivity index (χ4n) is 3.17. The summed E-state index contributed by atoms with van der Waals surface area (Å²) in [6.45, 7) is 5.23. The Labute approximate surface area is 178 Å². The van der Waals surface area contributed by atoms with Crippen LogP contribution in [0.3, 0.4) is 0 Å². The second-order valence-corrected chi connectivity index (χ2v) is 9.75. The van der Waals surface area contributed by atoms with E-state index in [4.69, 9.17) is 14.6 Å². The molecule has 0 bridgehead atoms. The van der Waals surface area contributed by atoms with Gasteiger partial charge in [0.25, 0.3) is 0 Å². The van der Waals surface area contributed by atoms with Crippen LogP contribution in [-0.4, -0.2) is 33.3 Å². The molecule has 0 spiro atoms. The highest BCUT2D eigenvalue weighted by Crippen LogP contribution is 2.29. The van der Waals surface area contributed by atoms with E-state index in [9.17, 15) is 13.2 Å². The van der Waals surface area contributed by atoms with Gasteiger partial charge in [0, 0.05) is 0 Å². The molecule has 0 aromatic heterocycles. The Bertz CT molecular complexity index is 922. The van der Waals surface area contributed by atoms with E-state index in [2.05, 4.69) is 5.32 Å². The van der Waals surface area contributed by atoms with Crippen LogP contribution in [0.4, 0.5) is 4.79 Å². The molecular formula is C22H30N2O5S. The van der Waals surface area contributed by atoms with Gasteiger partial charge in [-0.3, -0.25) is 0 Å². The molecule has 2 unspecified atom stereocenters. The molecule has 2 atom stereocenters. The van der Waals surface area contributed by atoms with Crippen LogP contribution in [0.2, 0.25) is 0 Å². The SMILES string of the molecule is COc1ccc(C(C(CCc2ccccc2)NC(=O)OC(C)(C)C)S(N)(=O)=O)cc1. The summed E-state index contributed by atoms with van der Waals surface area (Å²) in [4.78, 5) is 12.5. The maximum atomic E-state index is 12.6. The van der Waals surface area contributed by atoms with Gasteiger partial charge in [0.1, 0.15) is 16.6 Å². The molecule has 8 heteroatoms. The molecule has 164 valence electrons. The number of rotatable bonds is 8. The normalized spacial score (nSPS) is 13.9. The molecule has 0 aliphatic heterocycles. The molecule has 3 N–H and O–H groups in total. The molecular weight excluding hydrogens is 404 g/mol. The highest BCUT2D eigenvalue weighted by molar-refractivity contribution is 7.89. The zero-order valence-corrected chi connectivity index (χ0v) is 18.6. The molecule has 0 saturated carbocycles. The summed E-state index contributed by atoms with van der Waals surface area (Å²) in [6.07, 6.45) is 0.225. The van der Waals surface area contributed by atoms with Gasteiger partial charge in [0.05, 0.1) is 13.2 Å². The second-order valence-electron chi connectivity index (χ2n) is 8.06. The Morgan fingerprint density at radius 3 is 2.17 bits per heavy atom. The summed E-state index contributed by atoms with van der Waals surface area (Å²) in [5.41, 5.74) is 0.773. The van der Waals surface area contributed by atoms with Gasteiger partial charge in [-0.2, -0.15) is 0 Å². The number of aryl methyl sites for hydroxylation is 1. The lowest BCUT2D eigenvalue weighted by Crippen LogP contribution is -2.46. The molecule has 2 rings (SSSR count). The van der Waals surface area contributed by atoms with Crippen molar-refractivity contribution in [3.63, 3.8) is 0 Å². The third-order valence-corrected chi connectivity index (χ3v) is 5.76. The van der Waals surface area contributed by atoms with Gasteiger partial charge in [-0.1, -0.05) is 42.5 Å². The Hall–Kier alpha value is -2.58. The first-order chi connectivity index (χ1) is 14.0. The van der Waals surface area contributed by atoms with Crippen LogP contribution in [0.1, 0.15) is 43.6 Å². The van der Waals surface area contributed by atoms with Crippen LogP contribution in [0.15, 0.2) is 54.6 Å². The average molecular weight is 435 g/mol. The second kappa shape index (κ2) is 9.95. The predicted octanol–water partition coefficient (Wildman–Crippen LogP) is 3.55. The number of benzene rings is 2. The van der Waals surface area contributed by atoms with E-state index in [1.54, 1.807) is 45.0 Å². The number of hydrogen-bond acceptors (Lipinski definition) is 5. The largest absolute Gasteiger partial charge is 0.497 e. The summed E-state index contributed by atoms with van der Waals surface area (Å²) in [7, 11) is -2.51. The molecule has 0 radical (unpaired) electrons. The molecule has 0 aliphatic carbocycles. The monoisotopic (exact) mass is 434 g/mol. The molecule has 1 amide bonds. The van der Waals surface area contributed by atoms with E-state index >= 15 is 0 Å². The number of hydrogen-bond donors (Lipinski definition) is 2. The molecule has 30 heavy (non-hydrogen) atoms. The van der Waals surface area contributed by atoms with Gasteiger partial charge in [0.2, 0.25) is 10.0 Å². The van der Waals surface area contributed by atoms with E-state index in [1.165, 1.54) is 7.11 Å². The maximum absolute atomic E-state index is 12.6. The zero-order valence-electron chi connectivity index (χ0n) is 17.8. The van der Waals surface area contributed by atoms with Crippen molar-refractivity contribution < 1.29 is 22.7 Å². The van der Waals surface area contributed by atoms with Crippen molar-refractivity contribution in [2.45, 2.75) is 50.5 Å². The van der Waals surface area contributed by atoms with E-state index < -0.39 is 33.0 Å². The lowest BCUT2D eigenvalue weighted by atomic mass is 9.98. The molecule has 2 aromatic rings. The number of primary sulfonamides is 1. The summed E-state index contributed by atoms with van der Waals surface area (Å²) in [6, 6.07) is 15.4. The first-order valence-corrected chi connectivity index (χ1v) is 11.3. The summed E-state index contributed by atoms with van der Waals surface area (Å²) in [5, 5.41) is 7.19. The molecule has 2 aromatic carbocycles. The molecule has 0 saturated heterocycles. The van der Waals surface area contributed by atoms with E-state index in [0.29, 0.717) is 24.2 Å². The van der Waals surface area contributed by atoms with Gasteiger partial charge in [-0.05, 0) is 56.9 Å². The first-order valence-electron chi connectivity index (χ1n) is 9.68. The van der Waals surface area contributed by atoms with Crippen LogP contribution in [0.25, 0.3) is 0 Å². The smallest absolute Gasteiger partial charge is 0.407 e. The van der Waals surface area contributed by atoms with Crippen molar-refractivity contribution in [1.82, 2.24) is 5.32 Å². The molecule has 0 fully saturated rings. The van der Waals surface area contributed by atoms with E-state index in [-0.39, 0.29) is 0 Å². The van der Waals surface area contributed by atoms with Crippen molar-refractivity contribution in [1.29, 1.82) is 0 Å². The number of amides is 1. The third-order valence-electron chi connectivity index (χ3n) is 4.45. The highest BCUT2D eigenvalue weighted by Gasteiger charge is 2.34. The van der Waals surface area contributed by atoms with Crippen molar-refractivity contribution in [2.75, 3.05) is 7.11 Å². The number of carbonyl (C=O) groups is 1. The number of carbonyl (C=O) groups excluding carboxylic acids is 1. The average Bonchev–Trinajstić information content (AvgIpc) is 2.65. The minimum Gasteiger partial charge on any atom is -0.497 e. The van der Waals surface area contributed by atoms with Gasteiger partial charge < -0.3 is 14.8 Å². The van der Waals surface area contributed by atoms with Crippen molar-refractivity contribution in [2.24, 2.45) is 5.14 Å². The van der Waals surface area contributed by atoms with Crippen LogP contribution in [0, 0.1) is 0 Å². The van der Waals surface area contributed by atoms with Crippen molar-refractivity contribution >= 4 is 16.1 Å². The number of sulfonamides is 1. The van der Waals surface area contributed by atoms with Gasteiger partial charge >= 0.3 is 6.09 Å². The van der Waals surface area contributed by atoms with Crippen LogP contribution in [-0.2, 0) is 21.2 Å². The fourth-order valence-corrected chi connectivity index (χ4v) is 4.37. The number of nitrogens with two attached hydrogens (primary N) is 1. The van der Waals surface area contributed by atoms with Gasteiger partial charge in [-0.15, -0.1) is 0 Å². The first kappa shape index (κ1) is 23.7. The topological polar surface area (TPSA) is 108 Å². The molecule has 0 heterocycles. The number of nitrogens with one attached hydrogen (secondary N) is 1. The Morgan fingerprint density at radius 2 is 1.67 bits per heavy atom. The van der Waals surface area contributed by atoms with Crippen molar-refractivity contribution in [3.8, 4) is 5.75 Å². The van der Waals surface area contributed by atoms with Crippen LogP contribution >= 0.6 is 0 Å². The number of methoxy groups -OCH3 is 1. The van der Waals surface area contributed by atoms with Crippen LogP contribution in [0.5, 0.6) is 5.75 Å². The Balaban J connectivity index is 2.36. The number of ether oxygens (including phenoxy) is 2. The van der Waals surface area contributed by atoms with Gasteiger partial charge in [-0.25, -0.2) is 18.4 Å². The standard InChI is InChI=1S/C22H30N2O5S/c1-22(2,3)29-21(25)24-19(15-10-16-8-6-5-7-9-16)20(30(23,26)27)17-11-13-18(28-4)14-12-17/h5-9,11-14,19-20H,10,15H2,1-4H3,(H,24,25)(H2,23,26,27). The third kappa shape index (κ3) is 7.35. The maximum Gasteiger partial charge on any atom is 0.407 e. The Morgan fingerprint density at radius 1 is 1.07 bits per heavy atom. The van der Waals surface area contributed by atoms with Gasteiger partial charge in [0.15, 0.2) is 0 Å². The zero-order chi connectivity index (χ0) is 22.4. The minimum atomic E-state index is -4.04. The number of alkyl carbamates (subject to hydrolysis) is 1. The van der Waals surface area contributed by atoms with Crippen LogP contribution < -0.4 is 15.2 Å². The molecule has 0 aliphatic rings. The lowest BCUT2D eigenvalue weighted by molar-refractivity contribution is 0.0500. The highest BCUT2D eigenvalue weighted by atomic mass is 32.2. The summed E-state index contributed by atoms with van der Waals surface area (Å²) < 4.78 is 35.6. The van der Waals surface area contributed by atoms with E-state index in [1.807, 2.05) is 30.3 Å². The minimum absolute atomic E-state index is 0.358. The fraction of sp³-hybridized carbons (Fsp3) is 0.409. The lowest BCUT2D eigenvalue weighted by Gasteiger charge is -2.28. The quantitative estimate of drug-likeness (QED) is 0.661. The van der Waals surface area contributed by atoms with Crippen molar-refractivity contribution in [3.05, 3.63) is 65.7 Å². The summed E-state index contributed by atoms with van der Waals surface area (Å²) >= 11 is 0.